The van der Waals surface area contributed by atoms with Crippen LogP contribution in [-0.2, 0) is 7.05 Å². The Hall–Kier alpha value is -4.00. The average Bonchev–Trinajstić information content (AvgIpc) is 3.28. The molecule has 0 N–H and O–H groups in total. The zero-order chi connectivity index (χ0) is 25.3. The molecule has 0 amide bonds. The molecular weight excluding hydrogens is 434 g/mol. The van der Waals surface area contributed by atoms with Gasteiger partial charge in [0.2, 0.25) is 0 Å². The van der Waals surface area contributed by atoms with Crippen LogP contribution in [0.3, 0.4) is 0 Å². The molecule has 0 saturated heterocycles. The summed E-state index contributed by atoms with van der Waals surface area (Å²) in [4.78, 5) is 23.6. The van der Waals surface area contributed by atoms with Gasteiger partial charge in [0, 0.05) is 32.8 Å². The van der Waals surface area contributed by atoms with Gasteiger partial charge in [-0.05, 0) is 31.2 Å². The van der Waals surface area contributed by atoms with Gasteiger partial charge in [0.25, 0.3) is 0 Å². The van der Waals surface area contributed by atoms with E-state index in [0.717, 1.165) is 61.9 Å². The normalized spacial score (nSPS) is 12.4. The Morgan fingerprint density at radius 3 is 1.54 bits per heavy atom. The molecule has 0 aliphatic carbocycles. The fourth-order valence-corrected chi connectivity index (χ4v) is 4.36. The second-order valence-corrected chi connectivity index (χ2v) is 7.93. The van der Waals surface area contributed by atoms with Crippen LogP contribution in [0.1, 0.15) is 39.0 Å². The lowest BCUT2D eigenvalue weighted by atomic mass is 10.2. The zero-order valence-electron chi connectivity index (χ0n) is 21.8. The lowest BCUT2D eigenvalue weighted by molar-refractivity contribution is 0.927. The number of fused-ring (bicyclic) bond motifs is 4. The lowest BCUT2D eigenvalue weighted by Gasteiger charge is -2.17. The number of rotatable bonds is 1. The van der Waals surface area contributed by atoms with E-state index in [9.17, 15) is 0 Å². The summed E-state index contributed by atoms with van der Waals surface area (Å²) in [6.45, 7) is 10.1. The number of benzene rings is 2. The SMILES string of the molecule is CC.CC.Cc1c(C=C2N(C)c3nc4ccccc4nc3N2C)n(C)c2nc3ccccc3nc12. The van der Waals surface area contributed by atoms with Crippen molar-refractivity contribution in [2.24, 2.45) is 7.05 Å². The fraction of sp³-hybridized carbons (Fsp3) is 0.286. The molecule has 7 nitrogen and oxygen atoms in total. The van der Waals surface area contributed by atoms with E-state index in [4.69, 9.17) is 19.9 Å². The number of hydrogen-bond donors (Lipinski definition) is 0. The Balaban J connectivity index is 0.000000689. The number of aryl methyl sites for hydroxylation is 2. The van der Waals surface area contributed by atoms with Crippen LogP contribution >= 0.6 is 0 Å². The molecule has 0 atom stereocenters. The molecule has 7 heteroatoms. The van der Waals surface area contributed by atoms with Crippen LogP contribution in [0.15, 0.2) is 54.4 Å². The van der Waals surface area contributed by atoms with Crippen molar-refractivity contribution in [2.75, 3.05) is 23.9 Å². The second-order valence-electron chi connectivity index (χ2n) is 7.93. The van der Waals surface area contributed by atoms with Gasteiger partial charge in [-0.25, -0.2) is 19.9 Å². The first-order valence-corrected chi connectivity index (χ1v) is 12.2. The van der Waals surface area contributed by atoms with Crippen molar-refractivity contribution in [3.05, 3.63) is 65.6 Å². The Morgan fingerprint density at radius 1 is 0.629 bits per heavy atom. The number of hydrogen-bond acceptors (Lipinski definition) is 6. The highest BCUT2D eigenvalue weighted by molar-refractivity contribution is 5.91. The highest BCUT2D eigenvalue weighted by atomic mass is 15.4. The first-order chi connectivity index (χ1) is 17.0. The summed E-state index contributed by atoms with van der Waals surface area (Å²) in [5.41, 5.74) is 7.57. The molecule has 0 unspecified atom stereocenters. The van der Waals surface area contributed by atoms with Crippen LogP contribution in [0, 0.1) is 6.92 Å². The van der Waals surface area contributed by atoms with Crippen molar-refractivity contribution < 1.29 is 0 Å². The third-order valence-electron chi connectivity index (χ3n) is 6.09. The maximum absolute atomic E-state index is 4.88. The van der Waals surface area contributed by atoms with Crippen LogP contribution in [0.25, 0.3) is 39.3 Å². The summed E-state index contributed by atoms with van der Waals surface area (Å²) < 4.78 is 2.11. The highest BCUT2D eigenvalue weighted by Gasteiger charge is 2.30. The molecule has 1 aliphatic rings. The molecular formula is C28H33N7. The van der Waals surface area contributed by atoms with Crippen LogP contribution in [0.4, 0.5) is 11.6 Å². The smallest absolute Gasteiger partial charge is 0.178 e. The van der Waals surface area contributed by atoms with E-state index < -0.39 is 0 Å². The van der Waals surface area contributed by atoms with E-state index in [1.54, 1.807) is 0 Å². The van der Waals surface area contributed by atoms with Crippen molar-refractivity contribution >= 4 is 50.9 Å². The van der Waals surface area contributed by atoms with E-state index in [2.05, 4.69) is 27.4 Å². The minimum absolute atomic E-state index is 0.853. The van der Waals surface area contributed by atoms with E-state index in [1.165, 1.54) is 0 Å². The Kier molecular flexibility index (Phi) is 6.69. The van der Waals surface area contributed by atoms with Crippen LogP contribution in [-0.4, -0.2) is 38.6 Å². The van der Waals surface area contributed by atoms with E-state index in [0.29, 0.717) is 0 Å². The second kappa shape index (κ2) is 9.70. The number of para-hydroxylation sites is 4. The fourth-order valence-electron chi connectivity index (χ4n) is 4.36. The molecule has 0 saturated carbocycles. The summed E-state index contributed by atoms with van der Waals surface area (Å²) in [6.07, 6.45) is 2.16. The topological polar surface area (TPSA) is 63.0 Å². The van der Waals surface area contributed by atoms with E-state index in [-0.39, 0.29) is 0 Å². The molecule has 35 heavy (non-hydrogen) atoms. The van der Waals surface area contributed by atoms with Gasteiger partial charge in [0.05, 0.1) is 27.8 Å². The summed E-state index contributed by atoms with van der Waals surface area (Å²) in [5, 5.41) is 0. The van der Waals surface area contributed by atoms with Gasteiger partial charge in [0.1, 0.15) is 11.3 Å². The average molecular weight is 468 g/mol. The minimum atomic E-state index is 0.853. The molecule has 4 heterocycles. The third kappa shape index (κ3) is 3.87. The van der Waals surface area contributed by atoms with Gasteiger partial charge in [-0.2, -0.15) is 0 Å². The predicted octanol–water partition coefficient (Wildman–Crippen LogP) is 6.31. The monoisotopic (exact) mass is 467 g/mol. The van der Waals surface area contributed by atoms with Gasteiger partial charge < -0.3 is 14.4 Å². The van der Waals surface area contributed by atoms with Crippen molar-refractivity contribution in [2.45, 2.75) is 34.6 Å². The van der Waals surface area contributed by atoms with Gasteiger partial charge in [0.15, 0.2) is 17.3 Å². The first-order valence-electron chi connectivity index (χ1n) is 12.2. The third-order valence-corrected chi connectivity index (χ3v) is 6.09. The molecule has 1 aliphatic heterocycles. The van der Waals surface area contributed by atoms with E-state index in [1.807, 2.05) is 97.4 Å². The molecule has 2 aromatic carbocycles. The molecule has 5 aromatic rings. The summed E-state index contributed by atoms with van der Waals surface area (Å²) in [7, 11) is 6.10. The summed E-state index contributed by atoms with van der Waals surface area (Å²) in [6, 6.07) is 16.0. The highest BCUT2D eigenvalue weighted by Crippen LogP contribution is 2.39. The molecule has 0 radical (unpaired) electrons. The number of aromatic nitrogens is 5. The van der Waals surface area contributed by atoms with Crippen molar-refractivity contribution in [3.63, 3.8) is 0 Å². The van der Waals surface area contributed by atoms with Crippen molar-refractivity contribution in [3.8, 4) is 0 Å². The van der Waals surface area contributed by atoms with E-state index >= 15 is 0 Å². The molecule has 3 aromatic heterocycles. The quantitative estimate of drug-likeness (QED) is 0.288. The summed E-state index contributed by atoms with van der Waals surface area (Å²) >= 11 is 0. The predicted molar refractivity (Wildman–Crippen MR) is 148 cm³/mol. The van der Waals surface area contributed by atoms with Crippen molar-refractivity contribution in [1.82, 2.24) is 24.5 Å². The van der Waals surface area contributed by atoms with Gasteiger partial charge in [-0.1, -0.05) is 52.0 Å². The standard InChI is InChI=1S/C24H21N7.2C2H6/c1-14-19(29(2)22-21(14)25-15-9-5-6-10-16(15)26-22)13-20-30(3)23-24(31(20)4)28-18-12-8-7-11-17(18)27-23;2*1-2/h5-13H,1-4H3;2*1-2H3. The van der Waals surface area contributed by atoms with Crippen LogP contribution in [0.2, 0.25) is 0 Å². The van der Waals surface area contributed by atoms with Gasteiger partial charge in [-0.3, -0.25) is 0 Å². The summed E-state index contributed by atoms with van der Waals surface area (Å²) in [5.74, 6) is 2.71. The van der Waals surface area contributed by atoms with Crippen LogP contribution < -0.4 is 9.80 Å². The van der Waals surface area contributed by atoms with Gasteiger partial charge in [-0.15, -0.1) is 0 Å². The minimum Gasteiger partial charge on any atom is -0.327 e. The first kappa shape index (κ1) is 24.1. The molecule has 180 valence electrons. The number of nitrogens with zero attached hydrogens (tertiary/aromatic N) is 7. The molecule has 0 spiro atoms. The maximum Gasteiger partial charge on any atom is 0.178 e. The molecule has 0 fully saturated rings. The molecule has 0 bridgehead atoms. The zero-order valence-corrected chi connectivity index (χ0v) is 21.8. The van der Waals surface area contributed by atoms with Gasteiger partial charge >= 0.3 is 0 Å². The number of anilines is 2. The molecule has 6 rings (SSSR count). The maximum atomic E-state index is 4.88. The largest absolute Gasteiger partial charge is 0.327 e. The lowest BCUT2D eigenvalue weighted by Crippen LogP contribution is -2.22. The van der Waals surface area contributed by atoms with Crippen molar-refractivity contribution in [1.29, 1.82) is 0 Å². The Labute approximate surface area is 206 Å². The van der Waals surface area contributed by atoms with Crippen LogP contribution in [0.5, 0.6) is 0 Å². The Morgan fingerprint density at radius 2 is 1.06 bits per heavy atom. The Bertz CT molecular complexity index is 1440.